The third-order valence-corrected chi connectivity index (χ3v) is 4.94. The topological polar surface area (TPSA) is 66.7 Å². The van der Waals surface area contributed by atoms with E-state index in [9.17, 15) is 14.9 Å². The van der Waals surface area contributed by atoms with Gasteiger partial charge >= 0.3 is 0 Å². The zero-order chi connectivity index (χ0) is 18.0. The van der Waals surface area contributed by atoms with Crippen molar-refractivity contribution < 1.29 is 9.72 Å². The molecule has 2 aromatic rings. The summed E-state index contributed by atoms with van der Waals surface area (Å²) < 4.78 is 1.01. The smallest absolute Gasteiger partial charge is 0.288 e. The molecule has 0 aliphatic carbocycles. The minimum absolute atomic E-state index is 0.0287. The number of nitro groups is 1. The first-order valence-electron chi connectivity index (χ1n) is 7.69. The lowest BCUT2D eigenvalue weighted by molar-refractivity contribution is -0.384. The molecular weight excluding hydrogens is 410 g/mol. The van der Waals surface area contributed by atoms with Crippen LogP contribution in [0.2, 0.25) is 5.02 Å². The lowest BCUT2D eigenvalue weighted by Gasteiger charge is -2.36. The molecule has 0 aromatic heterocycles. The van der Waals surface area contributed by atoms with E-state index >= 15 is 0 Å². The van der Waals surface area contributed by atoms with Gasteiger partial charge in [0.05, 0.1) is 4.92 Å². The quantitative estimate of drug-likeness (QED) is 0.552. The van der Waals surface area contributed by atoms with Crippen molar-refractivity contribution in [1.82, 2.24) is 4.90 Å². The summed E-state index contributed by atoms with van der Waals surface area (Å²) in [6.07, 6.45) is 0. The van der Waals surface area contributed by atoms with Gasteiger partial charge in [-0.2, -0.15) is 0 Å². The predicted molar refractivity (Wildman–Crippen MR) is 100 cm³/mol. The number of nitro benzene ring substituents is 1. The van der Waals surface area contributed by atoms with Gasteiger partial charge in [-0.1, -0.05) is 33.6 Å². The van der Waals surface area contributed by atoms with Crippen molar-refractivity contribution in [2.75, 3.05) is 31.1 Å². The van der Waals surface area contributed by atoms with Gasteiger partial charge in [-0.25, -0.2) is 0 Å². The number of amides is 1. The number of piperazine rings is 1. The van der Waals surface area contributed by atoms with Crippen LogP contribution in [-0.2, 0) is 0 Å². The minimum Gasteiger partial charge on any atom is -0.368 e. The average molecular weight is 425 g/mol. The highest BCUT2D eigenvalue weighted by atomic mass is 79.9. The average Bonchev–Trinajstić information content (AvgIpc) is 2.61. The van der Waals surface area contributed by atoms with E-state index in [0.29, 0.717) is 26.2 Å². The molecule has 130 valence electrons. The standard InChI is InChI=1S/C17H15BrClN3O3/c18-13-2-1-3-14(11-13)20-6-8-21(9-7-20)17(23)12-4-5-15(19)16(10-12)22(24)25/h1-5,10-11H,6-9H2. The highest BCUT2D eigenvalue weighted by Gasteiger charge is 2.24. The first kappa shape index (κ1) is 17.7. The Bertz CT molecular complexity index is 823. The molecule has 1 fully saturated rings. The second-order valence-electron chi connectivity index (χ2n) is 5.68. The van der Waals surface area contributed by atoms with Crippen LogP contribution in [-0.4, -0.2) is 41.9 Å². The SMILES string of the molecule is O=C(c1ccc(Cl)c([N+](=O)[O-])c1)N1CCN(c2cccc(Br)c2)CC1. The lowest BCUT2D eigenvalue weighted by Crippen LogP contribution is -2.48. The van der Waals surface area contributed by atoms with Gasteiger partial charge in [0.25, 0.3) is 11.6 Å². The van der Waals surface area contributed by atoms with Gasteiger partial charge in [0.1, 0.15) is 5.02 Å². The fourth-order valence-electron chi connectivity index (χ4n) is 2.81. The van der Waals surface area contributed by atoms with Gasteiger partial charge in [-0.3, -0.25) is 14.9 Å². The maximum absolute atomic E-state index is 12.6. The molecular formula is C17H15BrClN3O3. The monoisotopic (exact) mass is 423 g/mol. The van der Waals surface area contributed by atoms with Crippen LogP contribution in [0.15, 0.2) is 46.9 Å². The molecule has 1 aliphatic heterocycles. The van der Waals surface area contributed by atoms with Crippen LogP contribution in [0.3, 0.4) is 0 Å². The number of halogens is 2. The summed E-state index contributed by atoms with van der Waals surface area (Å²) in [5, 5.41) is 11.0. The molecule has 0 atom stereocenters. The van der Waals surface area contributed by atoms with Crippen LogP contribution in [0.25, 0.3) is 0 Å². The number of hydrogen-bond donors (Lipinski definition) is 0. The Labute approximate surface area is 158 Å². The molecule has 0 saturated carbocycles. The normalized spacial score (nSPS) is 14.5. The summed E-state index contributed by atoms with van der Waals surface area (Å²) >= 11 is 9.27. The summed E-state index contributed by atoms with van der Waals surface area (Å²) in [5.41, 5.74) is 1.14. The van der Waals surface area contributed by atoms with Gasteiger partial charge < -0.3 is 9.80 Å². The maximum Gasteiger partial charge on any atom is 0.288 e. The second kappa shape index (κ2) is 7.41. The van der Waals surface area contributed by atoms with Crippen molar-refractivity contribution in [3.63, 3.8) is 0 Å². The van der Waals surface area contributed by atoms with E-state index in [-0.39, 0.29) is 22.2 Å². The third-order valence-electron chi connectivity index (χ3n) is 4.13. The largest absolute Gasteiger partial charge is 0.368 e. The molecule has 1 aliphatic rings. The van der Waals surface area contributed by atoms with E-state index in [2.05, 4.69) is 20.8 Å². The van der Waals surface area contributed by atoms with Crippen molar-refractivity contribution in [2.45, 2.75) is 0 Å². The lowest BCUT2D eigenvalue weighted by atomic mass is 10.1. The number of nitrogens with zero attached hydrogens (tertiary/aromatic N) is 3. The summed E-state index contributed by atoms with van der Waals surface area (Å²) in [5.74, 6) is -0.214. The molecule has 8 heteroatoms. The van der Waals surface area contributed by atoms with Gasteiger partial charge in [0, 0.05) is 48.0 Å². The molecule has 1 saturated heterocycles. The molecule has 1 heterocycles. The van der Waals surface area contributed by atoms with Crippen molar-refractivity contribution in [2.24, 2.45) is 0 Å². The predicted octanol–water partition coefficient (Wildman–Crippen LogP) is 3.97. The Kier molecular flexibility index (Phi) is 5.24. The van der Waals surface area contributed by atoms with E-state index in [4.69, 9.17) is 11.6 Å². The number of rotatable bonds is 3. The van der Waals surface area contributed by atoms with E-state index in [0.717, 1.165) is 10.2 Å². The Hall–Kier alpha value is -2.12. The van der Waals surface area contributed by atoms with Crippen LogP contribution in [0.4, 0.5) is 11.4 Å². The molecule has 0 spiro atoms. The second-order valence-corrected chi connectivity index (χ2v) is 7.01. The summed E-state index contributed by atoms with van der Waals surface area (Å²) in [4.78, 5) is 26.9. The molecule has 2 aromatic carbocycles. The fraction of sp³-hybridized carbons (Fsp3) is 0.235. The zero-order valence-corrected chi connectivity index (χ0v) is 15.5. The van der Waals surface area contributed by atoms with Crippen molar-refractivity contribution in [3.05, 3.63) is 67.6 Å². The zero-order valence-electron chi connectivity index (χ0n) is 13.2. The molecule has 0 bridgehead atoms. The summed E-state index contributed by atoms with van der Waals surface area (Å²) in [7, 11) is 0. The Morgan fingerprint density at radius 3 is 2.48 bits per heavy atom. The van der Waals surface area contributed by atoms with Gasteiger partial charge in [-0.15, -0.1) is 0 Å². The van der Waals surface area contributed by atoms with Crippen LogP contribution in [0.5, 0.6) is 0 Å². The molecule has 0 radical (unpaired) electrons. The molecule has 25 heavy (non-hydrogen) atoms. The Morgan fingerprint density at radius 2 is 1.84 bits per heavy atom. The maximum atomic E-state index is 12.6. The van der Waals surface area contributed by atoms with Crippen LogP contribution in [0.1, 0.15) is 10.4 Å². The Balaban J connectivity index is 1.69. The fourth-order valence-corrected chi connectivity index (χ4v) is 3.38. The first-order valence-corrected chi connectivity index (χ1v) is 8.86. The van der Waals surface area contributed by atoms with E-state index in [1.165, 1.54) is 18.2 Å². The van der Waals surface area contributed by atoms with E-state index in [1.807, 2.05) is 24.3 Å². The van der Waals surface area contributed by atoms with Crippen LogP contribution < -0.4 is 4.90 Å². The number of benzene rings is 2. The van der Waals surface area contributed by atoms with Crippen LogP contribution >= 0.6 is 27.5 Å². The van der Waals surface area contributed by atoms with Crippen molar-refractivity contribution >= 4 is 44.8 Å². The highest BCUT2D eigenvalue weighted by Crippen LogP contribution is 2.26. The Morgan fingerprint density at radius 1 is 1.12 bits per heavy atom. The number of carbonyl (C=O) groups is 1. The first-order chi connectivity index (χ1) is 12.0. The molecule has 1 amide bonds. The number of anilines is 1. The minimum atomic E-state index is -0.579. The van der Waals surface area contributed by atoms with Gasteiger partial charge in [0.2, 0.25) is 0 Å². The summed E-state index contributed by atoms with van der Waals surface area (Å²) in [6.45, 7) is 2.53. The van der Waals surface area contributed by atoms with Crippen molar-refractivity contribution in [3.8, 4) is 0 Å². The summed E-state index contributed by atoms with van der Waals surface area (Å²) in [6, 6.07) is 12.2. The molecule has 0 N–H and O–H groups in total. The van der Waals surface area contributed by atoms with Gasteiger partial charge in [-0.05, 0) is 30.3 Å². The number of hydrogen-bond acceptors (Lipinski definition) is 4. The molecule has 3 rings (SSSR count). The van der Waals surface area contributed by atoms with E-state index < -0.39 is 4.92 Å². The van der Waals surface area contributed by atoms with Gasteiger partial charge in [0.15, 0.2) is 0 Å². The number of carbonyl (C=O) groups excluding carboxylic acids is 1. The third kappa shape index (κ3) is 3.93. The van der Waals surface area contributed by atoms with E-state index in [1.54, 1.807) is 4.90 Å². The molecule has 6 nitrogen and oxygen atoms in total. The highest BCUT2D eigenvalue weighted by molar-refractivity contribution is 9.10. The van der Waals surface area contributed by atoms with Crippen LogP contribution in [0, 0.1) is 10.1 Å². The molecule has 0 unspecified atom stereocenters. The van der Waals surface area contributed by atoms with Crippen molar-refractivity contribution in [1.29, 1.82) is 0 Å².